The summed E-state index contributed by atoms with van der Waals surface area (Å²) < 4.78 is 5.79. The molecule has 0 unspecified atom stereocenters. The highest BCUT2D eigenvalue weighted by Gasteiger charge is 2.18. The van der Waals surface area contributed by atoms with Crippen molar-refractivity contribution in [1.82, 2.24) is 15.2 Å². The highest BCUT2D eigenvalue weighted by Crippen LogP contribution is 2.18. The Morgan fingerprint density at radius 2 is 1.96 bits per heavy atom. The first kappa shape index (κ1) is 17.4. The van der Waals surface area contributed by atoms with Crippen molar-refractivity contribution in [1.29, 1.82) is 0 Å². The van der Waals surface area contributed by atoms with Crippen LogP contribution in [0.3, 0.4) is 0 Å². The Hall–Kier alpha value is -2.40. The van der Waals surface area contributed by atoms with Gasteiger partial charge in [0.25, 0.3) is 5.91 Å². The average molecular weight is 339 g/mol. The Morgan fingerprint density at radius 3 is 2.76 bits per heavy atom. The van der Waals surface area contributed by atoms with Gasteiger partial charge in [-0.15, -0.1) is 0 Å². The van der Waals surface area contributed by atoms with Crippen molar-refractivity contribution in [2.45, 2.75) is 32.9 Å². The van der Waals surface area contributed by atoms with E-state index in [1.54, 1.807) is 0 Å². The first-order valence-electron chi connectivity index (χ1n) is 8.84. The number of nitrogens with zero attached hydrogens (tertiary/aromatic N) is 2. The van der Waals surface area contributed by atoms with E-state index in [9.17, 15) is 4.79 Å². The molecule has 0 radical (unpaired) electrons. The van der Waals surface area contributed by atoms with E-state index in [1.807, 2.05) is 41.4 Å². The molecule has 1 fully saturated rings. The minimum absolute atomic E-state index is 0.0735. The minimum atomic E-state index is 0.0735. The number of hydrogen-bond donors (Lipinski definition) is 1. The van der Waals surface area contributed by atoms with Crippen LogP contribution in [0, 0.1) is 6.92 Å². The molecule has 1 saturated heterocycles. The van der Waals surface area contributed by atoms with Crippen molar-refractivity contribution in [3.63, 3.8) is 0 Å². The van der Waals surface area contributed by atoms with Crippen LogP contribution in [-0.2, 0) is 17.9 Å². The number of rotatable bonds is 7. The number of benzene rings is 1. The molecule has 3 rings (SSSR count). The van der Waals surface area contributed by atoms with Gasteiger partial charge in [-0.25, -0.2) is 0 Å². The second kappa shape index (κ2) is 8.62. The molecule has 132 valence electrons. The molecule has 0 atom stereocenters. The molecule has 5 heteroatoms. The average Bonchev–Trinajstić information content (AvgIpc) is 3.17. The summed E-state index contributed by atoms with van der Waals surface area (Å²) in [5.41, 5.74) is 3.27. The van der Waals surface area contributed by atoms with Gasteiger partial charge in [-0.1, -0.05) is 24.3 Å². The Morgan fingerprint density at radius 1 is 1.16 bits per heavy atom. The van der Waals surface area contributed by atoms with E-state index in [2.05, 4.69) is 23.3 Å². The third-order valence-corrected chi connectivity index (χ3v) is 4.51. The number of carbonyl (C=O) groups excluding carboxylic acids is 1. The maximum atomic E-state index is 12.1. The smallest absolute Gasteiger partial charge is 0.260 e. The lowest BCUT2D eigenvalue weighted by Gasteiger charge is -2.17. The standard InChI is InChI=1S/C20H25N3O2/c1-16-7-6-10-22-18(16)14-21-13-17-8-2-3-9-19(17)25-15-20(24)23-11-4-5-12-23/h2-3,6-10,21H,4-5,11-15H2,1H3. The van der Waals surface area contributed by atoms with Gasteiger partial charge >= 0.3 is 0 Å². The summed E-state index contributed by atoms with van der Waals surface area (Å²) in [6.45, 7) is 5.25. The number of hydrogen-bond acceptors (Lipinski definition) is 4. The molecular weight excluding hydrogens is 314 g/mol. The molecule has 0 bridgehead atoms. The number of aromatic nitrogens is 1. The zero-order chi connectivity index (χ0) is 17.5. The summed E-state index contributed by atoms with van der Waals surface area (Å²) in [5, 5.41) is 3.40. The van der Waals surface area contributed by atoms with Crippen LogP contribution in [0.1, 0.15) is 29.7 Å². The van der Waals surface area contributed by atoms with Gasteiger partial charge in [0, 0.05) is 37.9 Å². The maximum Gasteiger partial charge on any atom is 0.260 e. The van der Waals surface area contributed by atoms with E-state index >= 15 is 0 Å². The monoisotopic (exact) mass is 339 g/mol. The van der Waals surface area contributed by atoms with E-state index < -0.39 is 0 Å². The third-order valence-electron chi connectivity index (χ3n) is 4.51. The van der Waals surface area contributed by atoms with Crippen LogP contribution >= 0.6 is 0 Å². The number of aryl methyl sites for hydroxylation is 1. The summed E-state index contributed by atoms with van der Waals surface area (Å²) in [5.74, 6) is 0.838. The van der Waals surface area contributed by atoms with Gasteiger partial charge in [-0.3, -0.25) is 9.78 Å². The van der Waals surface area contributed by atoms with Crippen molar-refractivity contribution in [3.8, 4) is 5.75 Å². The fraction of sp³-hybridized carbons (Fsp3) is 0.400. The summed E-state index contributed by atoms with van der Waals surface area (Å²) in [6, 6.07) is 11.9. The van der Waals surface area contributed by atoms with Gasteiger partial charge in [0.05, 0.1) is 5.69 Å². The van der Waals surface area contributed by atoms with Crippen molar-refractivity contribution in [2.24, 2.45) is 0 Å². The molecule has 1 amide bonds. The Balaban J connectivity index is 1.53. The van der Waals surface area contributed by atoms with Crippen LogP contribution in [0.15, 0.2) is 42.6 Å². The number of nitrogens with one attached hydrogen (secondary N) is 1. The normalized spacial score (nSPS) is 13.9. The fourth-order valence-electron chi connectivity index (χ4n) is 3.01. The second-order valence-electron chi connectivity index (χ2n) is 6.35. The first-order chi connectivity index (χ1) is 12.2. The number of amides is 1. The number of carbonyl (C=O) groups is 1. The molecule has 0 spiro atoms. The molecule has 5 nitrogen and oxygen atoms in total. The highest BCUT2D eigenvalue weighted by atomic mass is 16.5. The van der Waals surface area contributed by atoms with Crippen molar-refractivity contribution in [3.05, 3.63) is 59.4 Å². The number of ether oxygens (including phenoxy) is 1. The molecule has 0 saturated carbocycles. The highest BCUT2D eigenvalue weighted by molar-refractivity contribution is 5.78. The third kappa shape index (κ3) is 4.79. The van der Waals surface area contributed by atoms with E-state index in [1.165, 1.54) is 5.56 Å². The van der Waals surface area contributed by atoms with Crippen LogP contribution in [0.25, 0.3) is 0 Å². The lowest BCUT2D eigenvalue weighted by Crippen LogP contribution is -2.32. The molecule has 2 aromatic rings. The van der Waals surface area contributed by atoms with Gasteiger partial charge < -0.3 is 15.0 Å². The lowest BCUT2D eigenvalue weighted by atomic mass is 10.2. The van der Waals surface area contributed by atoms with Gasteiger partial charge in [-0.2, -0.15) is 0 Å². The predicted molar refractivity (Wildman–Crippen MR) is 97.3 cm³/mol. The molecular formula is C20H25N3O2. The number of para-hydroxylation sites is 1. The molecule has 25 heavy (non-hydrogen) atoms. The molecule has 0 aliphatic carbocycles. The predicted octanol–water partition coefficient (Wildman–Crippen LogP) is 2.68. The van der Waals surface area contributed by atoms with Crippen LogP contribution in [0.2, 0.25) is 0 Å². The van der Waals surface area contributed by atoms with Gasteiger partial charge in [0.2, 0.25) is 0 Å². The molecule has 1 aliphatic heterocycles. The van der Waals surface area contributed by atoms with Gasteiger partial charge in [0.1, 0.15) is 5.75 Å². The number of likely N-dealkylation sites (tertiary alicyclic amines) is 1. The second-order valence-corrected chi connectivity index (χ2v) is 6.35. The van der Waals surface area contributed by atoms with Crippen molar-refractivity contribution >= 4 is 5.91 Å². The van der Waals surface area contributed by atoms with Gasteiger partial charge in [0.15, 0.2) is 6.61 Å². The van der Waals surface area contributed by atoms with E-state index in [-0.39, 0.29) is 12.5 Å². The maximum absolute atomic E-state index is 12.1. The lowest BCUT2D eigenvalue weighted by molar-refractivity contribution is -0.132. The Labute approximate surface area is 149 Å². The number of pyridine rings is 1. The fourth-order valence-corrected chi connectivity index (χ4v) is 3.01. The van der Waals surface area contributed by atoms with Crippen molar-refractivity contribution < 1.29 is 9.53 Å². The largest absolute Gasteiger partial charge is 0.483 e. The van der Waals surface area contributed by atoms with Crippen LogP contribution in [0.4, 0.5) is 0 Å². The zero-order valence-electron chi connectivity index (χ0n) is 14.7. The SMILES string of the molecule is Cc1cccnc1CNCc1ccccc1OCC(=O)N1CCCC1. The van der Waals surface area contributed by atoms with Gasteiger partial charge in [-0.05, 0) is 37.5 Å². The quantitative estimate of drug-likeness (QED) is 0.843. The Bertz CT molecular complexity index is 712. The Kier molecular flexibility index (Phi) is 6.01. The molecule has 2 heterocycles. The van der Waals surface area contributed by atoms with E-state index in [4.69, 9.17) is 4.74 Å². The summed E-state index contributed by atoms with van der Waals surface area (Å²) >= 11 is 0. The molecule has 1 N–H and O–H groups in total. The minimum Gasteiger partial charge on any atom is -0.483 e. The van der Waals surface area contributed by atoms with Crippen LogP contribution in [-0.4, -0.2) is 35.5 Å². The summed E-state index contributed by atoms with van der Waals surface area (Å²) in [6.07, 6.45) is 4.00. The molecule has 1 aromatic carbocycles. The first-order valence-corrected chi connectivity index (χ1v) is 8.84. The topological polar surface area (TPSA) is 54.5 Å². The van der Waals surface area contributed by atoms with Crippen molar-refractivity contribution in [2.75, 3.05) is 19.7 Å². The van der Waals surface area contributed by atoms with E-state index in [0.29, 0.717) is 13.1 Å². The summed E-state index contributed by atoms with van der Waals surface area (Å²) in [4.78, 5) is 18.4. The zero-order valence-corrected chi connectivity index (χ0v) is 14.7. The summed E-state index contributed by atoms with van der Waals surface area (Å²) in [7, 11) is 0. The van der Waals surface area contributed by atoms with Crippen LogP contribution in [0.5, 0.6) is 5.75 Å². The van der Waals surface area contributed by atoms with E-state index in [0.717, 1.165) is 42.9 Å². The van der Waals surface area contributed by atoms with Crippen LogP contribution < -0.4 is 10.1 Å². The molecule has 1 aromatic heterocycles. The molecule has 1 aliphatic rings.